The van der Waals surface area contributed by atoms with E-state index in [1.165, 1.54) is 0 Å². The van der Waals surface area contributed by atoms with E-state index in [1.807, 2.05) is 32.2 Å². The molecule has 2 heterocycles. The molecule has 4 heteroatoms. The van der Waals surface area contributed by atoms with E-state index < -0.39 is 0 Å². The summed E-state index contributed by atoms with van der Waals surface area (Å²) in [4.78, 5) is 8.73. The molecule has 0 saturated heterocycles. The van der Waals surface area contributed by atoms with Gasteiger partial charge in [-0.3, -0.25) is 4.98 Å². The second kappa shape index (κ2) is 4.57. The number of imidazole rings is 1. The number of hydrogen-bond donors (Lipinski definition) is 1. The van der Waals surface area contributed by atoms with Gasteiger partial charge >= 0.3 is 0 Å². The Balaban J connectivity index is 2.26. The molecule has 1 N–H and O–H groups in total. The SMILES string of the molecule is Cc1ccc(Nc2nc(C)cn2C(C)C)cn1. The van der Waals surface area contributed by atoms with Crippen LogP contribution in [0.3, 0.4) is 0 Å². The van der Waals surface area contributed by atoms with Gasteiger partial charge in [-0.05, 0) is 39.8 Å². The highest BCUT2D eigenvalue weighted by Gasteiger charge is 2.08. The van der Waals surface area contributed by atoms with E-state index in [1.54, 1.807) is 0 Å². The molecule has 2 rings (SSSR count). The number of hydrogen-bond acceptors (Lipinski definition) is 3. The molecule has 2 aromatic rings. The van der Waals surface area contributed by atoms with Gasteiger partial charge in [-0.25, -0.2) is 4.98 Å². The first kappa shape index (κ1) is 11.6. The van der Waals surface area contributed by atoms with Crippen molar-refractivity contribution >= 4 is 11.6 Å². The summed E-state index contributed by atoms with van der Waals surface area (Å²) in [5, 5.41) is 3.29. The number of aryl methyl sites for hydroxylation is 2. The zero-order valence-corrected chi connectivity index (χ0v) is 10.7. The summed E-state index contributed by atoms with van der Waals surface area (Å²) in [6.07, 6.45) is 3.87. The van der Waals surface area contributed by atoms with Crippen LogP contribution in [0.25, 0.3) is 0 Å². The standard InChI is InChI=1S/C13H18N4/c1-9(2)17-8-11(4)15-13(17)16-12-6-5-10(3)14-7-12/h5-9H,1-4H3,(H,15,16). The van der Waals surface area contributed by atoms with Crippen LogP contribution in [-0.2, 0) is 0 Å². The Morgan fingerprint density at radius 2 is 1.94 bits per heavy atom. The molecule has 2 aromatic heterocycles. The Bertz CT molecular complexity index is 497. The van der Waals surface area contributed by atoms with Crippen LogP contribution in [0.1, 0.15) is 31.3 Å². The molecule has 4 nitrogen and oxygen atoms in total. The summed E-state index contributed by atoms with van der Waals surface area (Å²) in [5.41, 5.74) is 2.99. The fourth-order valence-electron chi connectivity index (χ4n) is 1.67. The van der Waals surface area contributed by atoms with Gasteiger partial charge in [0.25, 0.3) is 0 Å². The molecular formula is C13H18N4. The first-order chi connectivity index (χ1) is 8.06. The smallest absolute Gasteiger partial charge is 0.207 e. The van der Waals surface area contributed by atoms with E-state index in [0.29, 0.717) is 6.04 Å². The molecule has 0 spiro atoms. The van der Waals surface area contributed by atoms with Crippen LogP contribution in [0.5, 0.6) is 0 Å². The Hall–Kier alpha value is -1.84. The van der Waals surface area contributed by atoms with Crippen molar-refractivity contribution in [1.82, 2.24) is 14.5 Å². The van der Waals surface area contributed by atoms with E-state index >= 15 is 0 Å². The van der Waals surface area contributed by atoms with Crippen molar-refractivity contribution in [3.05, 3.63) is 35.9 Å². The fourth-order valence-corrected chi connectivity index (χ4v) is 1.67. The van der Waals surface area contributed by atoms with Crippen molar-refractivity contribution in [2.24, 2.45) is 0 Å². The van der Waals surface area contributed by atoms with Gasteiger partial charge in [0.1, 0.15) is 0 Å². The highest BCUT2D eigenvalue weighted by Crippen LogP contribution is 2.19. The largest absolute Gasteiger partial charge is 0.324 e. The van der Waals surface area contributed by atoms with Gasteiger partial charge in [-0.15, -0.1) is 0 Å². The van der Waals surface area contributed by atoms with Crippen LogP contribution >= 0.6 is 0 Å². The first-order valence-corrected chi connectivity index (χ1v) is 5.81. The van der Waals surface area contributed by atoms with Gasteiger partial charge < -0.3 is 9.88 Å². The lowest BCUT2D eigenvalue weighted by atomic mass is 10.3. The molecule has 90 valence electrons. The lowest BCUT2D eigenvalue weighted by molar-refractivity contribution is 0.607. The Kier molecular flexibility index (Phi) is 3.13. The van der Waals surface area contributed by atoms with Crippen molar-refractivity contribution in [2.45, 2.75) is 33.7 Å². The van der Waals surface area contributed by atoms with Crippen molar-refractivity contribution < 1.29 is 0 Å². The molecule has 0 aromatic carbocycles. The van der Waals surface area contributed by atoms with Gasteiger partial charge in [-0.2, -0.15) is 0 Å². The second-order valence-corrected chi connectivity index (χ2v) is 4.52. The van der Waals surface area contributed by atoms with Gasteiger partial charge in [-0.1, -0.05) is 0 Å². The van der Waals surface area contributed by atoms with E-state index in [0.717, 1.165) is 23.0 Å². The number of anilines is 2. The predicted octanol–water partition coefficient (Wildman–Crippen LogP) is 3.22. The third-order valence-corrected chi connectivity index (χ3v) is 2.58. The van der Waals surface area contributed by atoms with Crippen LogP contribution in [0.2, 0.25) is 0 Å². The molecule has 0 atom stereocenters. The summed E-state index contributed by atoms with van der Waals surface area (Å²) in [7, 11) is 0. The zero-order chi connectivity index (χ0) is 12.4. The van der Waals surface area contributed by atoms with Crippen molar-refractivity contribution in [3.8, 4) is 0 Å². The normalized spacial score (nSPS) is 10.9. The molecule has 0 aliphatic heterocycles. The highest BCUT2D eigenvalue weighted by atomic mass is 15.2. The molecule has 0 unspecified atom stereocenters. The predicted molar refractivity (Wildman–Crippen MR) is 69.6 cm³/mol. The maximum Gasteiger partial charge on any atom is 0.207 e. The van der Waals surface area contributed by atoms with E-state index in [9.17, 15) is 0 Å². The van der Waals surface area contributed by atoms with Gasteiger partial charge in [0, 0.05) is 17.9 Å². The molecule has 0 aliphatic carbocycles. The van der Waals surface area contributed by atoms with Gasteiger partial charge in [0.05, 0.1) is 17.6 Å². The maximum atomic E-state index is 4.47. The molecule has 0 amide bonds. The third kappa shape index (κ3) is 2.64. The lowest BCUT2D eigenvalue weighted by Gasteiger charge is -2.12. The number of nitrogens with zero attached hydrogens (tertiary/aromatic N) is 3. The summed E-state index contributed by atoms with van der Waals surface area (Å²) >= 11 is 0. The molecule has 0 radical (unpaired) electrons. The molecule has 0 bridgehead atoms. The topological polar surface area (TPSA) is 42.7 Å². The first-order valence-electron chi connectivity index (χ1n) is 5.81. The van der Waals surface area contributed by atoms with Crippen LogP contribution < -0.4 is 5.32 Å². The molecule has 0 aliphatic rings. The van der Waals surface area contributed by atoms with Crippen LogP contribution in [0.15, 0.2) is 24.5 Å². The number of nitrogens with one attached hydrogen (secondary N) is 1. The van der Waals surface area contributed by atoms with Crippen LogP contribution in [0, 0.1) is 13.8 Å². The minimum atomic E-state index is 0.386. The Labute approximate surface area is 102 Å². The highest BCUT2D eigenvalue weighted by molar-refractivity contribution is 5.52. The number of rotatable bonds is 3. The van der Waals surface area contributed by atoms with Gasteiger partial charge in [0.2, 0.25) is 5.95 Å². The molecule has 0 saturated carbocycles. The Morgan fingerprint density at radius 1 is 1.18 bits per heavy atom. The summed E-state index contributed by atoms with van der Waals surface area (Å²) in [6, 6.07) is 4.38. The zero-order valence-electron chi connectivity index (χ0n) is 10.7. The quantitative estimate of drug-likeness (QED) is 0.880. The monoisotopic (exact) mass is 230 g/mol. The van der Waals surface area contributed by atoms with Crippen molar-refractivity contribution in [2.75, 3.05) is 5.32 Å². The summed E-state index contributed by atoms with van der Waals surface area (Å²) in [6.45, 7) is 8.25. The van der Waals surface area contributed by atoms with Gasteiger partial charge in [0.15, 0.2) is 0 Å². The van der Waals surface area contributed by atoms with Crippen molar-refractivity contribution in [3.63, 3.8) is 0 Å². The van der Waals surface area contributed by atoms with E-state index in [-0.39, 0.29) is 0 Å². The summed E-state index contributed by atoms with van der Waals surface area (Å²) in [5.74, 6) is 0.864. The molecule has 17 heavy (non-hydrogen) atoms. The van der Waals surface area contributed by atoms with Crippen LogP contribution in [0.4, 0.5) is 11.6 Å². The minimum absolute atomic E-state index is 0.386. The minimum Gasteiger partial charge on any atom is -0.324 e. The van der Waals surface area contributed by atoms with E-state index in [4.69, 9.17) is 0 Å². The van der Waals surface area contributed by atoms with Crippen molar-refractivity contribution in [1.29, 1.82) is 0 Å². The molecule has 0 fully saturated rings. The average molecular weight is 230 g/mol. The third-order valence-electron chi connectivity index (χ3n) is 2.58. The average Bonchev–Trinajstić information content (AvgIpc) is 2.63. The fraction of sp³-hybridized carbons (Fsp3) is 0.385. The number of pyridine rings is 1. The van der Waals surface area contributed by atoms with Crippen LogP contribution in [-0.4, -0.2) is 14.5 Å². The lowest BCUT2D eigenvalue weighted by Crippen LogP contribution is -2.05. The van der Waals surface area contributed by atoms with E-state index in [2.05, 4.69) is 39.9 Å². The Morgan fingerprint density at radius 3 is 2.53 bits per heavy atom. The maximum absolute atomic E-state index is 4.47. The summed E-state index contributed by atoms with van der Waals surface area (Å²) < 4.78 is 2.12. The molecular weight excluding hydrogens is 212 g/mol. The number of aromatic nitrogens is 3. The second-order valence-electron chi connectivity index (χ2n) is 4.52.